The van der Waals surface area contributed by atoms with E-state index >= 15 is 0 Å². The summed E-state index contributed by atoms with van der Waals surface area (Å²) in [5.74, 6) is 0.356. The molecule has 0 bridgehead atoms. The Morgan fingerprint density at radius 2 is 1.55 bits per heavy atom. The average Bonchev–Trinajstić information content (AvgIpc) is 2.64. The summed E-state index contributed by atoms with van der Waals surface area (Å²) in [5, 5.41) is 18.3. The lowest BCUT2D eigenvalue weighted by Crippen LogP contribution is -2.02. The van der Waals surface area contributed by atoms with E-state index < -0.39 is 0 Å². The molecule has 1 heterocycles. The predicted molar refractivity (Wildman–Crippen MR) is 75.7 cm³/mol. The van der Waals surface area contributed by atoms with E-state index in [0.29, 0.717) is 5.56 Å². The van der Waals surface area contributed by atoms with Gasteiger partial charge in [-0.2, -0.15) is 10.5 Å². The zero-order valence-electron chi connectivity index (χ0n) is 10.4. The summed E-state index contributed by atoms with van der Waals surface area (Å²) in [6.45, 7) is 0. The monoisotopic (exact) mass is 259 g/mol. The third kappa shape index (κ3) is 1.44. The van der Waals surface area contributed by atoms with Crippen molar-refractivity contribution in [3.05, 3.63) is 41.5 Å². The maximum Gasteiger partial charge on any atom is 0.143 e. The van der Waals surface area contributed by atoms with E-state index in [0.717, 1.165) is 22.3 Å². The van der Waals surface area contributed by atoms with Gasteiger partial charge in [-0.15, -0.1) is 0 Å². The van der Waals surface area contributed by atoms with Gasteiger partial charge < -0.3 is 11.5 Å². The highest BCUT2D eigenvalue weighted by Gasteiger charge is 2.27. The van der Waals surface area contributed by atoms with E-state index in [4.69, 9.17) is 16.7 Å². The molecule has 20 heavy (non-hydrogen) atoms. The Kier molecular flexibility index (Phi) is 2.42. The van der Waals surface area contributed by atoms with Gasteiger partial charge in [0.25, 0.3) is 0 Å². The molecule has 0 spiro atoms. The van der Waals surface area contributed by atoms with Gasteiger partial charge in [-0.05, 0) is 23.3 Å². The first-order valence-electron chi connectivity index (χ1n) is 5.88. The lowest BCUT2D eigenvalue weighted by atomic mass is 9.81. The first kappa shape index (κ1) is 11.8. The largest absolute Gasteiger partial charge is 0.383 e. The van der Waals surface area contributed by atoms with Gasteiger partial charge >= 0.3 is 0 Å². The van der Waals surface area contributed by atoms with Crippen molar-refractivity contribution < 1.29 is 0 Å². The SMILES string of the molecule is N#Cc1cc2c3c(C#N)ccccc-3c-2c(N)nc1N. The summed E-state index contributed by atoms with van der Waals surface area (Å²) in [6.07, 6.45) is 0. The number of nitrogens with two attached hydrogens (primary N) is 2. The Hall–Kier alpha value is -3.31. The van der Waals surface area contributed by atoms with E-state index in [9.17, 15) is 5.26 Å². The van der Waals surface area contributed by atoms with Crippen molar-refractivity contribution >= 4 is 11.6 Å². The first-order chi connectivity index (χ1) is 9.67. The van der Waals surface area contributed by atoms with E-state index in [-0.39, 0.29) is 17.2 Å². The van der Waals surface area contributed by atoms with Crippen LogP contribution in [0.4, 0.5) is 11.6 Å². The molecule has 0 saturated heterocycles. The van der Waals surface area contributed by atoms with Gasteiger partial charge in [0, 0.05) is 11.1 Å². The van der Waals surface area contributed by atoms with Crippen LogP contribution in [0.15, 0.2) is 30.3 Å². The fourth-order valence-electron chi connectivity index (χ4n) is 2.39. The van der Waals surface area contributed by atoms with Crippen LogP contribution in [0, 0.1) is 22.7 Å². The number of nitriles is 2. The van der Waals surface area contributed by atoms with Crippen LogP contribution in [0.2, 0.25) is 0 Å². The number of fused-ring (bicyclic) bond motifs is 4. The number of hydrogen-bond acceptors (Lipinski definition) is 5. The van der Waals surface area contributed by atoms with Crippen LogP contribution in [-0.2, 0) is 0 Å². The van der Waals surface area contributed by atoms with Gasteiger partial charge in [0.1, 0.15) is 17.7 Å². The summed E-state index contributed by atoms with van der Waals surface area (Å²) in [7, 11) is 0. The molecule has 0 aromatic heterocycles. The first-order valence-corrected chi connectivity index (χ1v) is 5.88. The van der Waals surface area contributed by atoms with Crippen molar-refractivity contribution in [3.63, 3.8) is 0 Å². The van der Waals surface area contributed by atoms with Crippen molar-refractivity contribution in [2.24, 2.45) is 0 Å². The number of hydrogen-bond donors (Lipinski definition) is 2. The molecular weight excluding hydrogens is 250 g/mol. The molecule has 2 aliphatic carbocycles. The molecule has 0 aromatic carbocycles. The van der Waals surface area contributed by atoms with Gasteiger partial charge in [-0.1, -0.05) is 18.2 Å². The Morgan fingerprint density at radius 3 is 2.25 bits per heavy atom. The topological polar surface area (TPSA) is 113 Å². The average molecular weight is 259 g/mol. The molecule has 3 rings (SSSR count). The molecule has 4 N–H and O–H groups in total. The zero-order chi connectivity index (χ0) is 14.3. The molecular formula is C15H9N5. The van der Waals surface area contributed by atoms with Crippen LogP contribution < -0.4 is 11.5 Å². The van der Waals surface area contributed by atoms with E-state index in [1.54, 1.807) is 18.2 Å². The normalized spacial score (nSPS) is 10.3. The molecule has 0 aromatic rings. The molecule has 5 heteroatoms. The minimum Gasteiger partial charge on any atom is -0.383 e. The van der Waals surface area contributed by atoms with Gasteiger partial charge in [-0.3, -0.25) is 0 Å². The maximum atomic E-state index is 9.24. The Bertz CT molecular complexity index is 854. The maximum absolute atomic E-state index is 9.24. The van der Waals surface area contributed by atoms with Crippen LogP contribution in [0.25, 0.3) is 22.3 Å². The van der Waals surface area contributed by atoms with Crippen molar-refractivity contribution in [3.8, 4) is 34.4 Å². The van der Waals surface area contributed by atoms with Crippen LogP contribution in [-0.4, -0.2) is 4.98 Å². The molecule has 0 atom stereocenters. The Morgan fingerprint density at radius 1 is 0.850 bits per heavy atom. The van der Waals surface area contributed by atoms with Crippen molar-refractivity contribution in [1.82, 2.24) is 4.98 Å². The van der Waals surface area contributed by atoms with Gasteiger partial charge in [0.15, 0.2) is 0 Å². The number of rotatable bonds is 0. The van der Waals surface area contributed by atoms with Crippen molar-refractivity contribution in [2.75, 3.05) is 11.5 Å². The van der Waals surface area contributed by atoms with Crippen LogP contribution in [0.3, 0.4) is 0 Å². The second-order valence-corrected chi connectivity index (χ2v) is 4.37. The van der Waals surface area contributed by atoms with E-state index in [2.05, 4.69) is 11.1 Å². The molecule has 0 unspecified atom stereocenters. The van der Waals surface area contributed by atoms with Crippen LogP contribution >= 0.6 is 0 Å². The number of nitrogens with zero attached hydrogens (tertiary/aromatic N) is 3. The fraction of sp³-hybridized carbons (Fsp3) is 0. The molecule has 0 radical (unpaired) electrons. The summed E-state index contributed by atoms with van der Waals surface area (Å²) in [6, 6.07) is 13.0. The third-order valence-corrected chi connectivity index (χ3v) is 3.29. The zero-order valence-corrected chi connectivity index (χ0v) is 10.4. The molecule has 3 aliphatic rings. The second kappa shape index (κ2) is 4.11. The minimum absolute atomic E-state index is 0.0909. The van der Waals surface area contributed by atoms with Gasteiger partial charge in [0.05, 0.1) is 17.2 Å². The second-order valence-electron chi connectivity index (χ2n) is 4.37. The Balaban J connectivity index is 2.51. The van der Waals surface area contributed by atoms with Crippen molar-refractivity contribution in [1.29, 1.82) is 10.5 Å². The lowest BCUT2D eigenvalue weighted by Gasteiger charge is -2.21. The highest BCUT2D eigenvalue weighted by Crippen LogP contribution is 2.50. The van der Waals surface area contributed by atoms with Crippen molar-refractivity contribution in [2.45, 2.75) is 0 Å². The summed E-state index contributed by atoms with van der Waals surface area (Å²) < 4.78 is 0. The Labute approximate surface area is 115 Å². The molecule has 94 valence electrons. The molecule has 0 amide bonds. The fourth-order valence-corrected chi connectivity index (χ4v) is 2.39. The third-order valence-electron chi connectivity index (χ3n) is 3.29. The number of aromatic nitrogens is 1. The van der Waals surface area contributed by atoms with Gasteiger partial charge in [0.2, 0.25) is 0 Å². The minimum atomic E-state index is 0.0909. The highest BCUT2D eigenvalue weighted by molar-refractivity contribution is 6.08. The quantitative estimate of drug-likeness (QED) is 0.642. The molecule has 0 fully saturated rings. The molecule has 5 nitrogen and oxygen atoms in total. The van der Waals surface area contributed by atoms with Gasteiger partial charge in [-0.25, -0.2) is 4.98 Å². The smallest absolute Gasteiger partial charge is 0.143 e. The standard InChI is InChI=1S/C15H9N5/c16-6-8-3-1-2-4-10-12(8)11-5-9(7-17)14(18)20-15(19)13(10)11/h1-5H,(H4,18,19,20). The summed E-state index contributed by atoms with van der Waals surface area (Å²) in [5.41, 5.74) is 15.6. The van der Waals surface area contributed by atoms with Crippen LogP contribution in [0.5, 0.6) is 0 Å². The number of anilines is 2. The highest BCUT2D eigenvalue weighted by atomic mass is 14.9. The summed E-state index contributed by atoms with van der Waals surface area (Å²) in [4.78, 5) is 4.04. The molecule has 0 saturated carbocycles. The lowest BCUT2D eigenvalue weighted by molar-refractivity contribution is 1.36. The van der Waals surface area contributed by atoms with E-state index in [1.165, 1.54) is 0 Å². The van der Waals surface area contributed by atoms with Crippen LogP contribution in [0.1, 0.15) is 11.1 Å². The summed E-state index contributed by atoms with van der Waals surface area (Å²) >= 11 is 0. The predicted octanol–water partition coefficient (Wildman–Crippen LogP) is 2.20. The van der Waals surface area contributed by atoms with E-state index in [1.807, 2.05) is 18.2 Å². The number of nitrogen functional groups attached to an aromatic ring is 2. The molecule has 1 aliphatic heterocycles.